The Labute approximate surface area is 186 Å². The lowest BCUT2D eigenvalue weighted by Gasteiger charge is -2.26. The number of rotatable bonds is 8. The first-order valence-electron chi connectivity index (χ1n) is 9.34. The van der Waals surface area contributed by atoms with Gasteiger partial charge >= 0.3 is 0 Å². The number of benzene rings is 2. The van der Waals surface area contributed by atoms with Gasteiger partial charge in [-0.05, 0) is 54.7 Å². The highest BCUT2D eigenvalue weighted by molar-refractivity contribution is 6.37. The van der Waals surface area contributed by atoms with Crippen molar-refractivity contribution in [3.8, 4) is 11.8 Å². The average molecular weight is 472 g/mol. The van der Waals surface area contributed by atoms with Gasteiger partial charge in [-0.15, -0.1) is 0 Å². The minimum Gasteiger partial charge on any atom is -0.505 e. The number of nitrogens with zero attached hydrogens (tertiary/aromatic N) is 1. The Bertz CT molecular complexity index is 985. The highest BCUT2D eigenvalue weighted by Gasteiger charge is 2.46. The van der Waals surface area contributed by atoms with Crippen LogP contribution >= 0.6 is 23.2 Å². The number of carbonyl (C=O) groups excluding carboxylic acids is 1. The lowest BCUT2D eigenvalue weighted by atomic mass is 10.0. The van der Waals surface area contributed by atoms with E-state index in [2.05, 4.69) is 10.6 Å². The maximum absolute atomic E-state index is 13.8. The second-order valence-corrected chi connectivity index (χ2v) is 8.19. The summed E-state index contributed by atoms with van der Waals surface area (Å²) in [6.45, 7) is 0. The molecule has 164 valence electrons. The van der Waals surface area contributed by atoms with Gasteiger partial charge in [0.1, 0.15) is 11.4 Å². The predicted molar refractivity (Wildman–Crippen MR) is 110 cm³/mol. The van der Waals surface area contributed by atoms with Gasteiger partial charge in [-0.1, -0.05) is 35.3 Å². The van der Waals surface area contributed by atoms with E-state index in [0.717, 1.165) is 12.1 Å². The molecule has 0 aliphatic heterocycles. The predicted octanol–water partition coefficient (Wildman–Crippen LogP) is 4.52. The minimum atomic E-state index is -2.90. The summed E-state index contributed by atoms with van der Waals surface area (Å²) < 4.78 is 40.9. The summed E-state index contributed by atoms with van der Waals surface area (Å²) in [7, 11) is 0. The van der Waals surface area contributed by atoms with Crippen LogP contribution in [0.25, 0.3) is 0 Å². The largest absolute Gasteiger partial charge is 0.505 e. The zero-order valence-corrected chi connectivity index (χ0v) is 17.5. The maximum Gasteiger partial charge on any atom is 0.257 e. The number of amides is 1. The Hall–Kier alpha value is -2.47. The molecule has 0 bridgehead atoms. The number of hydrogen-bond acceptors (Lipinski definition) is 4. The van der Waals surface area contributed by atoms with Crippen molar-refractivity contribution in [3.63, 3.8) is 0 Å². The van der Waals surface area contributed by atoms with Crippen molar-refractivity contribution in [2.75, 3.05) is 0 Å². The molecule has 0 heterocycles. The van der Waals surface area contributed by atoms with Gasteiger partial charge in [-0.2, -0.15) is 5.26 Å². The number of aromatic hydroxyl groups is 1. The second-order valence-electron chi connectivity index (χ2n) is 7.38. The highest BCUT2D eigenvalue weighted by atomic mass is 35.5. The zero-order chi connectivity index (χ0) is 22.8. The smallest absolute Gasteiger partial charge is 0.257 e. The van der Waals surface area contributed by atoms with E-state index in [1.54, 1.807) is 0 Å². The molecule has 3 N–H and O–H groups in total. The number of nitriles is 1. The number of carbonyl (C=O) groups is 1. The molecule has 1 saturated carbocycles. The molecule has 10 heteroatoms. The molecule has 0 aromatic heterocycles. The molecule has 31 heavy (non-hydrogen) atoms. The molecule has 5 nitrogen and oxygen atoms in total. The van der Waals surface area contributed by atoms with E-state index >= 15 is 0 Å². The molecular formula is C21H18Cl2F3N3O2. The fourth-order valence-electron chi connectivity index (χ4n) is 3.11. The first-order valence-corrected chi connectivity index (χ1v) is 10.1. The van der Waals surface area contributed by atoms with Gasteiger partial charge in [0.2, 0.25) is 5.91 Å². The van der Waals surface area contributed by atoms with Crippen molar-refractivity contribution >= 4 is 29.1 Å². The van der Waals surface area contributed by atoms with Crippen LogP contribution in [-0.2, 0) is 11.2 Å². The van der Waals surface area contributed by atoms with Gasteiger partial charge in [-0.25, -0.2) is 13.2 Å². The summed E-state index contributed by atoms with van der Waals surface area (Å²) >= 11 is 11.9. The molecule has 0 unspecified atom stereocenters. The fraction of sp³-hybridized carbons (Fsp3) is 0.333. The number of phenols is 1. The number of hydrogen-bond donors (Lipinski definition) is 3. The van der Waals surface area contributed by atoms with Crippen LogP contribution in [0.15, 0.2) is 36.4 Å². The van der Waals surface area contributed by atoms with Crippen molar-refractivity contribution in [3.05, 3.63) is 63.4 Å². The normalized spacial score (nSPS) is 16.4. The summed E-state index contributed by atoms with van der Waals surface area (Å²) in [6.07, 6.45) is -2.07. The van der Waals surface area contributed by atoms with Crippen LogP contribution in [0.2, 0.25) is 10.0 Å². The van der Waals surface area contributed by atoms with E-state index in [1.165, 1.54) is 24.3 Å². The van der Waals surface area contributed by atoms with Gasteiger partial charge in [0, 0.05) is 0 Å². The van der Waals surface area contributed by atoms with Gasteiger partial charge in [0.25, 0.3) is 6.43 Å². The third kappa shape index (κ3) is 5.62. The Morgan fingerprint density at radius 2 is 1.77 bits per heavy atom. The Morgan fingerprint density at radius 3 is 2.26 bits per heavy atom. The van der Waals surface area contributed by atoms with Crippen molar-refractivity contribution in [1.82, 2.24) is 10.6 Å². The van der Waals surface area contributed by atoms with E-state index in [9.17, 15) is 28.3 Å². The number of nitrogens with one attached hydrogen (secondary N) is 2. The molecular weight excluding hydrogens is 454 g/mol. The molecule has 2 atom stereocenters. The molecule has 1 fully saturated rings. The van der Waals surface area contributed by atoms with Gasteiger partial charge < -0.3 is 10.4 Å². The highest BCUT2D eigenvalue weighted by Crippen LogP contribution is 2.35. The lowest BCUT2D eigenvalue weighted by Crippen LogP contribution is -2.51. The third-order valence-corrected chi connectivity index (χ3v) is 5.60. The molecule has 2 aromatic rings. The molecule has 1 amide bonds. The SMILES string of the molecule is N#CC1(NC(=O)[C@H](Cc2cc(Cl)c(O)c(Cl)c2)N[C@@H](c2ccc(F)cc2)C(F)F)CC1. The van der Waals surface area contributed by atoms with Crippen molar-refractivity contribution in [1.29, 1.82) is 5.26 Å². The first-order chi connectivity index (χ1) is 14.6. The number of phenolic OH excluding ortho intramolecular Hbond substituents is 1. The summed E-state index contributed by atoms with van der Waals surface area (Å²) in [4.78, 5) is 12.9. The van der Waals surface area contributed by atoms with E-state index in [4.69, 9.17) is 23.2 Å². The standard InChI is InChI=1S/C21H18Cl2F3N3O2/c22-14-7-11(8-15(23)18(14)30)9-16(20(31)29-21(10-27)5-6-21)28-17(19(25)26)12-1-3-13(24)4-2-12/h1-4,7-8,16-17,19,28,30H,5-6,9H2,(H,29,31)/t16-,17-/m0/s1. The Balaban J connectivity index is 1.89. The second kappa shape index (κ2) is 9.35. The van der Waals surface area contributed by atoms with E-state index in [-0.39, 0.29) is 27.8 Å². The molecule has 3 rings (SSSR count). The molecule has 1 aliphatic carbocycles. The van der Waals surface area contributed by atoms with Crippen molar-refractivity contribution in [2.24, 2.45) is 0 Å². The third-order valence-electron chi connectivity index (χ3n) is 5.02. The van der Waals surface area contributed by atoms with Crippen LogP contribution in [0.4, 0.5) is 13.2 Å². The first kappa shape index (κ1) is 23.2. The molecule has 0 saturated heterocycles. The van der Waals surface area contributed by atoms with Crippen molar-refractivity contribution in [2.45, 2.75) is 43.3 Å². The average Bonchev–Trinajstić information content (AvgIpc) is 3.49. The van der Waals surface area contributed by atoms with Crippen LogP contribution in [0, 0.1) is 17.1 Å². The number of halogens is 5. The molecule has 0 spiro atoms. The van der Waals surface area contributed by atoms with Crippen LogP contribution in [-0.4, -0.2) is 29.0 Å². The summed E-state index contributed by atoms with van der Waals surface area (Å²) in [5, 5.41) is 24.1. The monoisotopic (exact) mass is 471 g/mol. The topological polar surface area (TPSA) is 85.2 Å². The quantitative estimate of drug-likeness (QED) is 0.528. The molecule has 1 aliphatic rings. The maximum atomic E-state index is 13.8. The van der Waals surface area contributed by atoms with Crippen molar-refractivity contribution < 1.29 is 23.1 Å². The molecule has 0 radical (unpaired) electrons. The van der Waals surface area contributed by atoms with E-state index in [1.807, 2.05) is 6.07 Å². The van der Waals surface area contributed by atoms with Crippen LogP contribution in [0.1, 0.15) is 30.0 Å². The summed E-state index contributed by atoms with van der Waals surface area (Å²) in [5.41, 5.74) is -0.496. The summed E-state index contributed by atoms with van der Waals surface area (Å²) in [6, 6.07) is 6.52. The van der Waals surface area contributed by atoms with Crippen LogP contribution < -0.4 is 10.6 Å². The van der Waals surface area contributed by atoms with Crippen LogP contribution in [0.3, 0.4) is 0 Å². The minimum absolute atomic E-state index is 0.0544. The van der Waals surface area contributed by atoms with Gasteiger partial charge in [0.05, 0.1) is 28.2 Å². The van der Waals surface area contributed by atoms with Gasteiger partial charge in [0.15, 0.2) is 5.75 Å². The number of alkyl halides is 2. The fourth-order valence-corrected chi connectivity index (χ4v) is 3.65. The van der Waals surface area contributed by atoms with Crippen LogP contribution in [0.5, 0.6) is 5.75 Å². The lowest BCUT2D eigenvalue weighted by molar-refractivity contribution is -0.124. The zero-order valence-electron chi connectivity index (χ0n) is 16.0. The van der Waals surface area contributed by atoms with E-state index in [0.29, 0.717) is 18.4 Å². The Kier molecular flexibility index (Phi) is 6.99. The van der Waals surface area contributed by atoms with E-state index < -0.39 is 35.8 Å². The Morgan fingerprint density at radius 1 is 1.19 bits per heavy atom. The summed E-state index contributed by atoms with van der Waals surface area (Å²) in [5.74, 6) is -1.56. The molecule has 2 aromatic carbocycles. The van der Waals surface area contributed by atoms with Gasteiger partial charge in [-0.3, -0.25) is 10.1 Å².